The van der Waals surface area contributed by atoms with Crippen LogP contribution in [0.1, 0.15) is 22.7 Å². The lowest BCUT2D eigenvalue weighted by molar-refractivity contribution is 0.0783. The van der Waals surface area contributed by atoms with Crippen molar-refractivity contribution in [3.8, 4) is 11.3 Å². The lowest BCUT2D eigenvalue weighted by Gasteiger charge is -2.17. The lowest BCUT2D eigenvalue weighted by Crippen LogP contribution is -2.29. The van der Waals surface area contributed by atoms with Crippen LogP contribution in [0, 0.1) is 0 Å². The minimum absolute atomic E-state index is 0.00174. The van der Waals surface area contributed by atoms with Crippen LogP contribution in [0.15, 0.2) is 69.7 Å². The van der Waals surface area contributed by atoms with Crippen molar-refractivity contribution < 1.29 is 9.32 Å². The van der Waals surface area contributed by atoms with Crippen LogP contribution in [-0.2, 0) is 13.5 Å². The Kier molecular flexibility index (Phi) is 5.53. The number of aryl methyl sites for hydroxylation is 2. The van der Waals surface area contributed by atoms with Gasteiger partial charge in [0, 0.05) is 49.6 Å². The van der Waals surface area contributed by atoms with Crippen LogP contribution in [-0.4, -0.2) is 34.1 Å². The second-order valence-electron chi connectivity index (χ2n) is 7.11. The van der Waals surface area contributed by atoms with E-state index >= 15 is 0 Å². The molecule has 0 aliphatic heterocycles. The van der Waals surface area contributed by atoms with E-state index in [1.807, 2.05) is 79.3 Å². The summed E-state index contributed by atoms with van der Waals surface area (Å²) in [6, 6.07) is 19.9. The predicted octanol–water partition coefficient (Wildman–Crippen LogP) is 5.30. The number of rotatable bonds is 6. The van der Waals surface area contributed by atoms with Gasteiger partial charge in [0.05, 0.1) is 4.47 Å². The molecule has 0 aliphatic rings. The molecule has 0 fully saturated rings. The maximum absolute atomic E-state index is 13.0. The molecule has 0 radical (unpaired) electrons. The average molecular weight is 452 g/mol. The van der Waals surface area contributed by atoms with E-state index in [0.29, 0.717) is 12.2 Å². The number of hydrogen-bond acceptors (Lipinski definition) is 3. The van der Waals surface area contributed by atoms with Gasteiger partial charge in [-0.3, -0.25) is 4.79 Å². The van der Waals surface area contributed by atoms with E-state index in [1.54, 1.807) is 4.90 Å². The van der Waals surface area contributed by atoms with E-state index in [0.717, 1.165) is 45.2 Å². The van der Waals surface area contributed by atoms with Crippen LogP contribution >= 0.6 is 15.9 Å². The first-order valence-corrected chi connectivity index (χ1v) is 10.3. The molecule has 1 amide bonds. The summed E-state index contributed by atoms with van der Waals surface area (Å²) < 4.78 is 8.25. The summed E-state index contributed by atoms with van der Waals surface area (Å²) >= 11 is 3.61. The van der Waals surface area contributed by atoms with Crippen molar-refractivity contribution in [1.29, 1.82) is 0 Å². The summed E-state index contributed by atoms with van der Waals surface area (Å²) in [5, 5.41) is 5.19. The van der Waals surface area contributed by atoms with Gasteiger partial charge in [-0.2, -0.15) is 0 Å². The number of amides is 1. The molecule has 0 bridgehead atoms. The number of halogens is 1. The Hall–Kier alpha value is -2.86. The van der Waals surface area contributed by atoms with E-state index in [9.17, 15) is 4.79 Å². The zero-order valence-corrected chi connectivity index (χ0v) is 18.0. The molecule has 0 atom stereocenters. The monoisotopic (exact) mass is 451 g/mol. The highest BCUT2D eigenvalue weighted by atomic mass is 79.9. The van der Waals surface area contributed by atoms with Crippen LogP contribution in [0.5, 0.6) is 0 Å². The van der Waals surface area contributed by atoms with Crippen molar-refractivity contribution in [1.82, 2.24) is 14.6 Å². The van der Waals surface area contributed by atoms with Crippen LogP contribution in [0.3, 0.4) is 0 Å². The highest BCUT2D eigenvalue weighted by molar-refractivity contribution is 9.10. The fourth-order valence-corrected chi connectivity index (χ4v) is 4.30. The molecular formula is C23H22BrN3O2. The second-order valence-corrected chi connectivity index (χ2v) is 7.91. The van der Waals surface area contributed by atoms with Gasteiger partial charge in [-0.25, -0.2) is 0 Å². The quantitative estimate of drug-likeness (QED) is 0.399. The first-order valence-electron chi connectivity index (χ1n) is 9.55. The zero-order valence-electron chi connectivity index (χ0n) is 16.4. The number of benzene rings is 2. The van der Waals surface area contributed by atoms with E-state index in [4.69, 9.17) is 4.52 Å². The standard InChI is InChI=1S/C23H22BrN3O2/c1-26(23(28)22-21(24)18-12-6-7-13-20(18)27(22)2)14-8-11-17-15-19(25-29-17)16-9-4-3-5-10-16/h3-7,9-10,12-13,15H,8,11,14H2,1-2H3. The topological polar surface area (TPSA) is 51.3 Å². The smallest absolute Gasteiger partial charge is 0.271 e. The Morgan fingerprint density at radius 1 is 1.14 bits per heavy atom. The molecule has 4 aromatic rings. The van der Waals surface area contributed by atoms with Crippen LogP contribution in [0.2, 0.25) is 0 Å². The first-order chi connectivity index (χ1) is 14.1. The van der Waals surface area contributed by atoms with Crippen molar-refractivity contribution >= 4 is 32.7 Å². The lowest BCUT2D eigenvalue weighted by atomic mass is 10.1. The summed E-state index contributed by atoms with van der Waals surface area (Å²) in [5.74, 6) is 0.827. The number of aromatic nitrogens is 2. The number of carbonyl (C=O) groups excluding carboxylic acids is 1. The maximum Gasteiger partial charge on any atom is 0.271 e. The van der Waals surface area contributed by atoms with Gasteiger partial charge in [0.25, 0.3) is 5.91 Å². The molecule has 5 nitrogen and oxygen atoms in total. The van der Waals surface area contributed by atoms with Gasteiger partial charge in [-0.15, -0.1) is 0 Å². The molecule has 0 saturated carbocycles. The van der Waals surface area contributed by atoms with Gasteiger partial charge in [0.2, 0.25) is 0 Å². The molecule has 0 unspecified atom stereocenters. The molecule has 0 saturated heterocycles. The molecule has 6 heteroatoms. The van der Waals surface area contributed by atoms with Gasteiger partial charge < -0.3 is 14.0 Å². The second kappa shape index (κ2) is 8.25. The van der Waals surface area contributed by atoms with Crippen LogP contribution in [0.25, 0.3) is 22.2 Å². The average Bonchev–Trinajstić information content (AvgIpc) is 3.32. The maximum atomic E-state index is 13.0. The van der Waals surface area contributed by atoms with E-state index in [2.05, 4.69) is 21.1 Å². The fourth-order valence-electron chi connectivity index (χ4n) is 3.53. The van der Waals surface area contributed by atoms with Gasteiger partial charge in [0.1, 0.15) is 17.1 Å². The highest BCUT2D eigenvalue weighted by Gasteiger charge is 2.22. The molecule has 4 rings (SSSR count). The van der Waals surface area contributed by atoms with E-state index in [1.165, 1.54) is 0 Å². The van der Waals surface area contributed by atoms with Gasteiger partial charge in [-0.1, -0.05) is 53.7 Å². The number of nitrogens with zero attached hydrogens (tertiary/aromatic N) is 3. The van der Waals surface area contributed by atoms with Crippen molar-refractivity contribution in [3.63, 3.8) is 0 Å². The fraction of sp³-hybridized carbons (Fsp3) is 0.217. The molecule has 2 heterocycles. The Morgan fingerprint density at radius 2 is 1.86 bits per heavy atom. The Balaban J connectivity index is 1.40. The van der Waals surface area contributed by atoms with Crippen LogP contribution < -0.4 is 0 Å². The molecule has 2 aromatic heterocycles. The summed E-state index contributed by atoms with van der Waals surface area (Å²) in [6.07, 6.45) is 1.53. The number of hydrogen-bond donors (Lipinski definition) is 0. The summed E-state index contributed by atoms with van der Waals surface area (Å²) in [7, 11) is 3.76. The minimum Gasteiger partial charge on any atom is -0.361 e. The van der Waals surface area contributed by atoms with E-state index < -0.39 is 0 Å². The zero-order chi connectivity index (χ0) is 20.4. The Bertz CT molecular complexity index is 1110. The molecular weight excluding hydrogens is 430 g/mol. The highest BCUT2D eigenvalue weighted by Crippen LogP contribution is 2.31. The Morgan fingerprint density at radius 3 is 2.62 bits per heavy atom. The minimum atomic E-state index is -0.00174. The Labute approximate surface area is 178 Å². The third-order valence-corrected chi connectivity index (χ3v) is 5.94. The third-order valence-electron chi connectivity index (χ3n) is 5.14. The largest absolute Gasteiger partial charge is 0.361 e. The van der Waals surface area contributed by atoms with Crippen molar-refractivity contribution in [2.24, 2.45) is 7.05 Å². The number of fused-ring (bicyclic) bond motifs is 1. The summed E-state index contributed by atoms with van der Waals surface area (Å²) in [5.41, 5.74) is 3.57. The molecule has 29 heavy (non-hydrogen) atoms. The van der Waals surface area contributed by atoms with Gasteiger partial charge in [0.15, 0.2) is 0 Å². The number of para-hydroxylation sites is 1. The normalized spacial score (nSPS) is 11.1. The third kappa shape index (κ3) is 3.85. The SMILES string of the molecule is CN(CCCc1cc(-c2ccccc2)no1)C(=O)c1c(Br)c2ccccc2n1C. The molecule has 0 spiro atoms. The van der Waals surface area contributed by atoms with Gasteiger partial charge in [-0.05, 0) is 28.4 Å². The van der Waals surface area contributed by atoms with Crippen LogP contribution in [0.4, 0.5) is 0 Å². The van der Waals surface area contributed by atoms with Gasteiger partial charge >= 0.3 is 0 Å². The molecule has 0 N–H and O–H groups in total. The first kappa shape index (κ1) is 19.5. The summed E-state index contributed by atoms with van der Waals surface area (Å²) in [6.45, 7) is 0.633. The van der Waals surface area contributed by atoms with Crippen molar-refractivity contribution in [3.05, 3.63) is 76.6 Å². The van der Waals surface area contributed by atoms with Crippen molar-refractivity contribution in [2.75, 3.05) is 13.6 Å². The predicted molar refractivity (Wildman–Crippen MR) is 118 cm³/mol. The summed E-state index contributed by atoms with van der Waals surface area (Å²) in [4.78, 5) is 14.8. The van der Waals surface area contributed by atoms with Crippen molar-refractivity contribution in [2.45, 2.75) is 12.8 Å². The van der Waals surface area contributed by atoms with E-state index in [-0.39, 0.29) is 5.91 Å². The number of carbonyl (C=O) groups is 1. The molecule has 0 aliphatic carbocycles. The molecule has 148 valence electrons. The molecule has 2 aromatic carbocycles.